The molecule has 1 aliphatic carbocycles. The predicted octanol–water partition coefficient (Wildman–Crippen LogP) is 4.22. The van der Waals surface area contributed by atoms with Crippen LogP contribution >= 0.6 is 11.6 Å². The second kappa shape index (κ2) is 5.88. The van der Waals surface area contributed by atoms with Crippen LogP contribution in [0.5, 0.6) is 0 Å². The summed E-state index contributed by atoms with van der Waals surface area (Å²) in [5.41, 5.74) is 1.41. The van der Waals surface area contributed by atoms with Gasteiger partial charge in [-0.1, -0.05) is 44.0 Å². The topological polar surface area (TPSA) is 12.0 Å². The Morgan fingerprint density at radius 2 is 1.94 bits per heavy atom. The fourth-order valence-electron chi connectivity index (χ4n) is 2.22. The van der Waals surface area contributed by atoms with Crippen LogP contribution in [-0.2, 0) is 0 Å². The zero-order valence-electron chi connectivity index (χ0n) is 10.7. The van der Waals surface area contributed by atoms with E-state index in [-0.39, 0.29) is 0 Å². The molecule has 0 aliphatic heterocycles. The van der Waals surface area contributed by atoms with Crippen LogP contribution in [0.15, 0.2) is 24.3 Å². The van der Waals surface area contributed by atoms with Crippen LogP contribution in [0.3, 0.4) is 0 Å². The summed E-state index contributed by atoms with van der Waals surface area (Å²) in [4.78, 5) is 0. The summed E-state index contributed by atoms with van der Waals surface area (Å²) in [6.45, 7) is 5.71. The molecule has 0 amide bonds. The Labute approximate surface area is 110 Å². The molecule has 94 valence electrons. The normalized spacial score (nSPS) is 19.0. The minimum Gasteiger partial charge on any atom is -0.313 e. The largest absolute Gasteiger partial charge is 0.313 e. The van der Waals surface area contributed by atoms with Gasteiger partial charge in [0, 0.05) is 17.6 Å². The van der Waals surface area contributed by atoms with Crippen LogP contribution in [0.4, 0.5) is 0 Å². The fourth-order valence-corrected chi connectivity index (χ4v) is 2.35. The van der Waals surface area contributed by atoms with Crippen molar-refractivity contribution in [3.05, 3.63) is 34.9 Å². The fraction of sp³-hybridized carbons (Fsp3) is 0.600. The summed E-state index contributed by atoms with van der Waals surface area (Å²) in [5, 5.41) is 4.48. The van der Waals surface area contributed by atoms with Gasteiger partial charge in [0.15, 0.2) is 0 Å². The van der Waals surface area contributed by atoms with E-state index in [0.717, 1.165) is 17.6 Å². The van der Waals surface area contributed by atoms with Crippen LogP contribution in [0.1, 0.15) is 44.6 Å². The molecule has 0 radical (unpaired) electrons. The van der Waals surface area contributed by atoms with Gasteiger partial charge in [-0.15, -0.1) is 0 Å². The second-order valence-electron chi connectivity index (χ2n) is 5.23. The van der Waals surface area contributed by atoms with Gasteiger partial charge in [0.2, 0.25) is 0 Å². The second-order valence-corrected chi connectivity index (χ2v) is 5.66. The highest BCUT2D eigenvalue weighted by molar-refractivity contribution is 6.30. The lowest BCUT2D eigenvalue weighted by atomic mass is 9.85. The van der Waals surface area contributed by atoms with Gasteiger partial charge in [-0.2, -0.15) is 0 Å². The van der Waals surface area contributed by atoms with Crippen molar-refractivity contribution < 1.29 is 0 Å². The Bertz CT molecular complexity index is 342. The molecule has 0 heterocycles. The number of benzene rings is 1. The van der Waals surface area contributed by atoms with Gasteiger partial charge in [0.25, 0.3) is 0 Å². The highest BCUT2D eigenvalue weighted by Crippen LogP contribution is 2.29. The molecule has 2 unspecified atom stereocenters. The molecule has 2 atom stereocenters. The molecule has 0 spiro atoms. The SMILES string of the molecule is CCC(C)C(CNC1CC1)c1ccc(Cl)cc1. The standard InChI is InChI=1S/C15H22ClN/c1-3-11(2)15(10-17-14-8-9-14)12-4-6-13(16)7-5-12/h4-7,11,14-15,17H,3,8-10H2,1-2H3. The molecule has 0 bridgehead atoms. The maximum atomic E-state index is 5.95. The highest BCUT2D eigenvalue weighted by Gasteiger charge is 2.24. The van der Waals surface area contributed by atoms with E-state index >= 15 is 0 Å². The Balaban J connectivity index is 2.04. The van der Waals surface area contributed by atoms with Crippen molar-refractivity contribution in [3.63, 3.8) is 0 Å². The van der Waals surface area contributed by atoms with Crippen molar-refractivity contribution in [2.75, 3.05) is 6.54 Å². The first kappa shape index (κ1) is 12.9. The van der Waals surface area contributed by atoms with E-state index in [1.54, 1.807) is 0 Å². The van der Waals surface area contributed by atoms with Crippen LogP contribution < -0.4 is 5.32 Å². The van der Waals surface area contributed by atoms with Crippen LogP contribution in [0, 0.1) is 5.92 Å². The predicted molar refractivity (Wildman–Crippen MR) is 74.7 cm³/mol. The van der Waals surface area contributed by atoms with E-state index in [1.807, 2.05) is 12.1 Å². The van der Waals surface area contributed by atoms with Crippen molar-refractivity contribution in [3.8, 4) is 0 Å². The molecular weight excluding hydrogens is 230 g/mol. The summed E-state index contributed by atoms with van der Waals surface area (Å²) in [6.07, 6.45) is 3.93. The van der Waals surface area contributed by atoms with Crippen LogP contribution in [0.2, 0.25) is 5.02 Å². The summed E-state index contributed by atoms with van der Waals surface area (Å²) in [7, 11) is 0. The van der Waals surface area contributed by atoms with Crippen molar-refractivity contribution in [2.45, 2.75) is 45.1 Å². The van der Waals surface area contributed by atoms with E-state index in [0.29, 0.717) is 11.8 Å². The summed E-state index contributed by atoms with van der Waals surface area (Å²) >= 11 is 5.95. The van der Waals surface area contributed by atoms with Crippen molar-refractivity contribution in [1.29, 1.82) is 0 Å². The van der Waals surface area contributed by atoms with Gasteiger partial charge in [-0.05, 0) is 42.4 Å². The molecule has 0 aromatic heterocycles. The minimum atomic E-state index is 0.609. The van der Waals surface area contributed by atoms with Crippen LogP contribution in [0.25, 0.3) is 0 Å². The molecule has 2 heteroatoms. The maximum absolute atomic E-state index is 5.95. The van der Waals surface area contributed by atoms with Gasteiger partial charge >= 0.3 is 0 Å². The third-order valence-corrected chi connectivity index (χ3v) is 4.08. The van der Waals surface area contributed by atoms with Gasteiger partial charge in [-0.3, -0.25) is 0 Å². The quantitative estimate of drug-likeness (QED) is 0.798. The van der Waals surface area contributed by atoms with Gasteiger partial charge in [0.1, 0.15) is 0 Å². The minimum absolute atomic E-state index is 0.609. The Morgan fingerprint density at radius 3 is 2.47 bits per heavy atom. The maximum Gasteiger partial charge on any atom is 0.0406 e. The van der Waals surface area contributed by atoms with Crippen molar-refractivity contribution in [1.82, 2.24) is 5.32 Å². The first-order valence-electron chi connectivity index (χ1n) is 6.69. The Morgan fingerprint density at radius 1 is 1.29 bits per heavy atom. The molecular formula is C15H22ClN. The summed E-state index contributed by atoms with van der Waals surface area (Å²) in [6, 6.07) is 9.14. The smallest absolute Gasteiger partial charge is 0.0406 e. The summed E-state index contributed by atoms with van der Waals surface area (Å²) < 4.78 is 0. The Hall–Kier alpha value is -0.530. The van der Waals surface area contributed by atoms with Crippen molar-refractivity contribution >= 4 is 11.6 Å². The van der Waals surface area contributed by atoms with E-state index in [1.165, 1.54) is 24.8 Å². The average molecular weight is 252 g/mol. The van der Waals surface area contributed by atoms with Crippen molar-refractivity contribution in [2.24, 2.45) is 5.92 Å². The molecule has 17 heavy (non-hydrogen) atoms. The first-order chi connectivity index (χ1) is 8.20. The Kier molecular flexibility index (Phi) is 4.47. The number of halogens is 1. The van der Waals surface area contributed by atoms with Crippen LogP contribution in [-0.4, -0.2) is 12.6 Å². The zero-order valence-corrected chi connectivity index (χ0v) is 11.5. The lowest BCUT2D eigenvalue weighted by Gasteiger charge is -2.24. The molecule has 1 saturated carbocycles. The van der Waals surface area contributed by atoms with E-state index in [9.17, 15) is 0 Å². The first-order valence-corrected chi connectivity index (χ1v) is 7.07. The molecule has 1 aromatic carbocycles. The van der Waals surface area contributed by atoms with Gasteiger partial charge in [-0.25, -0.2) is 0 Å². The van der Waals surface area contributed by atoms with E-state index in [4.69, 9.17) is 11.6 Å². The number of hydrogen-bond acceptors (Lipinski definition) is 1. The third kappa shape index (κ3) is 3.72. The monoisotopic (exact) mass is 251 g/mol. The number of hydrogen-bond donors (Lipinski definition) is 1. The third-order valence-electron chi connectivity index (χ3n) is 3.83. The zero-order chi connectivity index (χ0) is 12.3. The summed E-state index contributed by atoms with van der Waals surface area (Å²) in [5.74, 6) is 1.32. The molecule has 2 rings (SSSR count). The lowest BCUT2D eigenvalue weighted by Crippen LogP contribution is -2.27. The molecule has 1 aromatic rings. The molecule has 1 fully saturated rings. The molecule has 1 aliphatic rings. The molecule has 0 saturated heterocycles. The lowest BCUT2D eigenvalue weighted by molar-refractivity contribution is 0.419. The molecule has 1 nitrogen and oxygen atoms in total. The number of rotatable bonds is 6. The van der Waals surface area contributed by atoms with Gasteiger partial charge < -0.3 is 5.32 Å². The van der Waals surface area contributed by atoms with Gasteiger partial charge in [0.05, 0.1) is 0 Å². The van der Waals surface area contributed by atoms with E-state index in [2.05, 4.69) is 31.3 Å². The highest BCUT2D eigenvalue weighted by atomic mass is 35.5. The average Bonchev–Trinajstić information content (AvgIpc) is 3.15. The molecule has 1 N–H and O–H groups in total. The van der Waals surface area contributed by atoms with E-state index < -0.39 is 0 Å². The number of nitrogens with one attached hydrogen (secondary N) is 1.